The molecule has 0 aliphatic carbocycles. The normalized spacial score (nSPS) is 22.6. The summed E-state index contributed by atoms with van der Waals surface area (Å²) in [4.78, 5) is 27.0. The largest absolute Gasteiger partial charge is 0.493 e. The van der Waals surface area contributed by atoms with Gasteiger partial charge in [0, 0.05) is 11.4 Å². The third kappa shape index (κ3) is 2.15. The Balaban J connectivity index is 1.80. The summed E-state index contributed by atoms with van der Waals surface area (Å²) in [5, 5.41) is 0.687. The molecule has 2 aliphatic heterocycles. The van der Waals surface area contributed by atoms with Crippen molar-refractivity contribution in [1.82, 2.24) is 4.90 Å². The second kappa shape index (κ2) is 5.26. The van der Waals surface area contributed by atoms with Crippen molar-refractivity contribution in [3.8, 4) is 5.75 Å². The van der Waals surface area contributed by atoms with Crippen LogP contribution in [0.5, 0.6) is 5.75 Å². The van der Waals surface area contributed by atoms with Gasteiger partial charge in [0.15, 0.2) is 11.3 Å². The summed E-state index contributed by atoms with van der Waals surface area (Å²) in [5.74, 6) is 0.250. The van der Waals surface area contributed by atoms with Gasteiger partial charge in [-0.05, 0) is 31.4 Å². The van der Waals surface area contributed by atoms with E-state index in [4.69, 9.17) is 9.15 Å². The summed E-state index contributed by atoms with van der Waals surface area (Å²) < 4.78 is 10.6. The number of para-hydroxylation sites is 1. The van der Waals surface area contributed by atoms with E-state index in [0.717, 1.165) is 19.3 Å². The molecule has 1 aromatic carbocycles. The first-order chi connectivity index (χ1) is 11.2. The van der Waals surface area contributed by atoms with Crippen molar-refractivity contribution in [1.29, 1.82) is 0 Å². The minimum atomic E-state index is -0.610. The zero-order valence-corrected chi connectivity index (χ0v) is 12.8. The number of fused-ring (bicyclic) bond motifs is 3. The number of nitrogens with zero attached hydrogens (tertiary/aromatic N) is 1. The van der Waals surface area contributed by atoms with Crippen LogP contribution in [-0.2, 0) is 0 Å². The fraction of sp³-hybridized carbons (Fsp3) is 0.333. The maximum absolute atomic E-state index is 12.9. The molecule has 5 heteroatoms. The van der Waals surface area contributed by atoms with Crippen LogP contribution in [0.3, 0.4) is 0 Å². The molecule has 2 atom stereocenters. The summed E-state index contributed by atoms with van der Waals surface area (Å²) in [7, 11) is 1.52. The third-order valence-electron chi connectivity index (χ3n) is 4.72. The average molecular weight is 311 g/mol. The molecule has 4 rings (SSSR count). The van der Waals surface area contributed by atoms with Gasteiger partial charge in [-0.3, -0.25) is 4.79 Å². The molecule has 0 spiro atoms. The Kier molecular flexibility index (Phi) is 3.22. The van der Waals surface area contributed by atoms with Gasteiger partial charge in [0.2, 0.25) is 0 Å². The van der Waals surface area contributed by atoms with E-state index in [0.29, 0.717) is 16.7 Å². The standard InChI is InChI=1S/C18H17NO4/c1-22-15-7-2-4-11-10-14(18(21)23-16(11)15)17(20)19-12-5-3-6-13(19)9-8-12/h2-5,7,10,12-13H,6,8-9H2,1H3. The highest BCUT2D eigenvalue weighted by molar-refractivity contribution is 5.98. The van der Waals surface area contributed by atoms with Crippen LogP contribution in [0.15, 0.2) is 45.6 Å². The summed E-state index contributed by atoms with van der Waals surface area (Å²) >= 11 is 0. The molecule has 2 unspecified atom stereocenters. The maximum atomic E-state index is 12.9. The molecule has 2 aliphatic rings. The van der Waals surface area contributed by atoms with E-state index in [1.165, 1.54) is 7.11 Å². The van der Waals surface area contributed by atoms with E-state index >= 15 is 0 Å². The molecular formula is C18H17NO4. The molecule has 118 valence electrons. The second-order valence-electron chi connectivity index (χ2n) is 6.00. The lowest BCUT2D eigenvalue weighted by molar-refractivity contribution is 0.0684. The van der Waals surface area contributed by atoms with E-state index < -0.39 is 5.63 Å². The molecule has 0 saturated carbocycles. The Hall–Kier alpha value is -2.56. The first-order valence-corrected chi connectivity index (χ1v) is 7.79. The molecule has 5 nitrogen and oxygen atoms in total. The molecule has 2 bridgehead atoms. The molecule has 23 heavy (non-hydrogen) atoms. The van der Waals surface area contributed by atoms with Gasteiger partial charge in [0.1, 0.15) is 5.56 Å². The van der Waals surface area contributed by atoms with Crippen LogP contribution < -0.4 is 10.4 Å². The topological polar surface area (TPSA) is 59.8 Å². The predicted molar refractivity (Wildman–Crippen MR) is 85.8 cm³/mol. The smallest absolute Gasteiger partial charge is 0.349 e. The van der Waals surface area contributed by atoms with Gasteiger partial charge >= 0.3 is 5.63 Å². The minimum Gasteiger partial charge on any atom is -0.493 e. The Morgan fingerprint density at radius 3 is 3.00 bits per heavy atom. The molecule has 0 radical (unpaired) electrons. The quantitative estimate of drug-likeness (QED) is 0.632. The molecular weight excluding hydrogens is 294 g/mol. The number of amides is 1. The fourth-order valence-corrected chi connectivity index (χ4v) is 3.61. The lowest BCUT2D eigenvalue weighted by atomic mass is 10.1. The van der Waals surface area contributed by atoms with Crippen LogP contribution in [0, 0.1) is 0 Å². The van der Waals surface area contributed by atoms with Crippen molar-refractivity contribution < 1.29 is 13.9 Å². The van der Waals surface area contributed by atoms with Crippen LogP contribution in [-0.4, -0.2) is 30.0 Å². The zero-order chi connectivity index (χ0) is 16.0. The van der Waals surface area contributed by atoms with Gasteiger partial charge in [-0.1, -0.05) is 24.3 Å². The first kappa shape index (κ1) is 14.1. The Labute approximate surface area is 133 Å². The van der Waals surface area contributed by atoms with E-state index in [-0.39, 0.29) is 23.6 Å². The number of benzene rings is 1. The fourth-order valence-electron chi connectivity index (χ4n) is 3.61. The van der Waals surface area contributed by atoms with Gasteiger partial charge in [-0.25, -0.2) is 4.79 Å². The van der Waals surface area contributed by atoms with Gasteiger partial charge in [0.05, 0.1) is 13.2 Å². The molecule has 1 amide bonds. The first-order valence-electron chi connectivity index (χ1n) is 7.79. The van der Waals surface area contributed by atoms with Crippen LogP contribution in [0.25, 0.3) is 11.0 Å². The predicted octanol–water partition coefficient (Wildman–Crippen LogP) is 2.73. The van der Waals surface area contributed by atoms with Crippen LogP contribution in [0.1, 0.15) is 29.6 Å². The Morgan fingerprint density at radius 1 is 1.35 bits per heavy atom. The minimum absolute atomic E-state index is 0.0953. The summed E-state index contributed by atoms with van der Waals surface area (Å²) in [6.45, 7) is 0. The highest BCUT2D eigenvalue weighted by Crippen LogP contribution is 2.33. The maximum Gasteiger partial charge on any atom is 0.349 e. The van der Waals surface area contributed by atoms with Crippen molar-refractivity contribution in [2.75, 3.05) is 7.11 Å². The van der Waals surface area contributed by atoms with E-state index in [1.54, 1.807) is 12.1 Å². The lowest BCUT2D eigenvalue weighted by Gasteiger charge is -2.31. The van der Waals surface area contributed by atoms with Crippen molar-refractivity contribution in [2.24, 2.45) is 0 Å². The third-order valence-corrected chi connectivity index (χ3v) is 4.72. The zero-order valence-electron chi connectivity index (χ0n) is 12.8. The van der Waals surface area contributed by atoms with E-state index in [2.05, 4.69) is 12.2 Å². The van der Waals surface area contributed by atoms with E-state index in [9.17, 15) is 9.59 Å². The number of rotatable bonds is 2. The number of ether oxygens (including phenoxy) is 1. The molecule has 1 aromatic heterocycles. The molecule has 3 heterocycles. The van der Waals surface area contributed by atoms with Gasteiger partial charge < -0.3 is 14.1 Å². The average Bonchev–Trinajstić information content (AvgIpc) is 2.82. The molecule has 1 fully saturated rings. The van der Waals surface area contributed by atoms with Crippen molar-refractivity contribution in [3.05, 3.63) is 52.4 Å². The highest BCUT2D eigenvalue weighted by Gasteiger charge is 2.38. The van der Waals surface area contributed by atoms with Crippen molar-refractivity contribution in [2.45, 2.75) is 31.3 Å². The van der Waals surface area contributed by atoms with E-state index in [1.807, 2.05) is 17.0 Å². The summed E-state index contributed by atoms with van der Waals surface area (Å²) in [6, 6.07) is 7.25. The number of hydrogen-bond acceptors (Lipinski definition) is 4. The van der Waals surface area contributed by atoms with Gasteiger partial charge in [-0.2, -0.15) is 0 Å². The number of methoxy groups -OCH3 is 1. The van der Waals surface area contributed by atoms with Crippen LogP contribution in [0.2, 0.25) is 0 Å². The van der Waals surface area contributed by atoms with Crippen LogP contribution >= 0.6 is 0 Å². The van der Waals surface area contributed by atoms with Crippen molar-refractivity contribution >= 4 is 16.9 Å². The Morgan fingerprint density at radius 2 is 2.22 bits per heavy atom. The Bertz CT molecular complexity index is 867. The van der Waals surface area contributed by atoms with Crippen molar-refractivity contribution in [3.63, 3.8) is 0 Å². The number of hydrogen-bond donors (Lipinski definition) is 0. The summed E-state index contributed by atoms with van der Waals surface area (Å²) in [5.41, 5.74) is -0.142. The van der Waals surface area contributed by atoms with Crippen LogP contribution in [0.4, 0.5) is 0 Å². The lowest BCUT2D eigenvalue weighted by Crippen LogP contribution is -2.43. The molecule has 0 N–H and O–H groups in total. The monoisotopic (exact) mass is 311 g/mol. The highest BCUT2D eigenvalue weighted by atomic mass is 16.5. The molecule has 1 saturated heterocycles. The summed E-state index contributed by atoms with van der Waals surface area (Å²) in [6.07, 6.45) is 6.98. The number of carbonyl (C=O) groups is 1. The second-order valence-corrected chi connectivity index (χ2v) is 6.00. The number of carbonyl (C=O) groups excluding carboxylic acids is 1. The van der Waals surface area contributed by atoms with Gasteiger partial charge in [0.25, 0.3) is 5.91 Å². The molecule has 2 aromatic rings. The SMILES string of the molecule is COc1cccc2cc(C(=O)N3C4C=CCC3CC4)c(=O)oc12. The van der Waals surface area contributed by atoms with Gasteiger partial charge in [-0.15, -0.1) is 0 Å².